The Bertz CT molecular complexity index is 1210. The standard InChI is InChI=1S/C26H24N2O4/c1-17-9-12-19(13-10-17)28-25(20-7-5-6-8-22(20)30-2)27-21(26(28)29)15-18-11-14-23(31-3)24(16-18)32-4/h5-16H,1-4H3/b21-15+. The number of carbonyl (C=O) groups excluding carboxylic acids is 1. The number of nitrogens with zero attached hydrogens (tertiary/aromatic N) is 2. The van der Waals surface area contributed by atoms with Gasteiger partial charge in [-0.15, -0.1) is 0 Å². The van der Waals surface area contributed by atoms with Crippen LogP contribution in [-0.2, 0) is 4.79 Å². The van der Waals surface area contributed by atoms with E-state index in [0.717, 1.165) is 22.4 Å². The van der Waals surface area contributed by atoms with Crippen molar-refractivity contribution >= 4 is 23.5 Å². The van der Waals surface area contributed by atoms with Gasteiger partial charge in [-0.25, -0.2) is 4.99 Å². The summed E-state index contributed by atoms with van der Waals surface area (Å²) in [4.78, 5) is 19.8. The van der Waals surface area contributed by atoms with E-state index in [9.17, 15) is 4.79 Å². The van der Waals surface area contributed by atoms with E-state index in [1.165, 1.54) is 0 Å². The fraction of sp³-hybridized carbons (Fsp3) is 0.154. The van der Waals surface area contributed by atoms with E-state index in [1.54, 1.807) is 38.4 Å². The van der Waals surface area contributed by atoms with Crippen LogP contribution in [0.15, 0.2) is 77.4 Å². The molecule has 1 aliphatic rings. The van der Waals surface area contributed by atoms with Crippen LogP contribution in [0.4, 0.5) is 5.69 Å². The van der Waals surface area contributed by atoms with Gasteiger partial charge >= 0.3 is 0 Å². The smallest absolute Gasteiger partial charge is 0.282 e. The van der Waals surface area contributed by atoms with Crippen molar-refractivity contribution in [3.05, 3.63) is 89.1 Å². The fourth-order valence-electron chi connectivity index (χ4n) is 3.56. The van der Waals surface area contributed by atoms with Gasteiger partial charge in [0.1, 0.15) is 11.4 Å². The zero-order valence-corrected chi connectivity index (χ0v) is 18.5. The number of ether oxygens (including phenoxy) is 3. The SMILES string of the molecule is COc1ccc(/C=C2/N=C(c3ccccc3OC)N(c3ccc(C)cc3)C2=O)cc1OC. The van der Waals surface area contributed by atoms with Gasteiger partial charge in [-0.1, -0.05) is 35.9 Å². The van der Waals surface area contributed by atoms with Crippen molar-refractivity contribution < 1.29 is 19.0 Å². The molecule has 4 rings (SSSR count). The van der Waals surface area contributed by atoms with Crippen molar-refractivity contribution in [3.8, 4) is 17.2 Å². The van der Waals surface area contributed by atoms with Gasteiger partial charge in [0.15, 0.2) is 17.3 Å². The summed E-state index contributed by atoms with van der Waals surface area (Å²) in [5.41, 5.74) is 3.68. The minimum Gasteiger partial charge on any atom is -0.496 e. The van der Waals surface area contributed by atoms with Crippen molar-refractivity contribution in [2.45, 2.75) is 6.92 Å². The number of hydrogen-bond acceptors (Lipinski definition) is 5. The zero-order valence-electron chi connectivity index (χ0n) is 18.5. The van der Waals surface area contributed by atoms with Crippen molar-refractivity contribution in [1.82, 2.24) is 0 Å². The summed E-state index contributed by atoms with van der Waals surface area (Å²) >= 11 is 0. The molecule has 0 saturated heterocycles. The average molecular weight is 428 g/mol. The Labute approximate surface area is 187 Å². The van der Waals surface area contributed by atoms with Crippen LogP contribution in [0, 0.1) is 6.92 Å². The maximum absolute atomic E-state index is 13.5. The number of para-hydroxylation sites is 1. The van der Waals surface area contributed by atoms with E-state index in [1.807, 2.05) is 67.6 Å². The topological polar surface area (TPSA) is 60.4 Å². The van der Waals surface area contributed by atoms with Gasteiger partial charge in [-0.2, -0.15) is 0 Å². The summed E-state index contributed by atoms with van der Waals surface area (Å²) in [7, 11) is 4.76. The maximum Gasteiger partial charge on any atom is 0.282 e. The predicted molar refractivity (Wildman–Crippen MR) is 126 cm³/mol. The van der Waals surface area contributed by atoms with Gasteiger partial charge in [-0.05, 0) is 55.0 Å². The van der Waals surface area contributed by atoms with E-state index < -0.39 is 0 Å². The van der Waals surface area contributed by atoms with Crippen molar-refractivity contribution in [3.63, 3.8) is 0 Å². The Kier molecular flexibility index (Phi) is 5.94. The molecule has 0 radical (unpaired) electrons. The van der Waals surface area contributed by atoms with Crippen LogP contribution in [0.2, 0.25) is 0 Å². The molecule has 6 nitrogen and oxygen atoms in total. The summed E-state index contributed by atoms with van der Waals surface area (Å²) in [5.74, 6) is 2.14. The number of carbonyl (C=O) groups is 1. The highest BCUT2D eigenvalue weighted by molar-refractivity contribution is 6.33. The van der Waals surface area contributed by atoms with Crippen LogP contribution >= 0.6 is 0 Å². The first kappa shape index (κ1) is 21.2. The molecule has 0 spiro atoms. The number of aliphatic imine (C=N–C) groups is 1. The lowest BCUT2D eigenvalue weighted by Crippen LogP contribution is -2.32. The molecule has 6 heteroatoms. The second kappa shape index (κ2) is 8.98. The summed E-state index contributed by atoms with van der Waals surface area (Å²) in [6, 6.07) is 20.8. The third-order valence-electron chi connectivity index (χ3n) is 5.21. The molecule has 1 amide bonds. The molecule has 162 valence electrons. The molecule has 0 aromatic heterocycles. The van der Waals surface area contributed by atoms with Crippen LogP contribution in [0.3, 0.4) is 0 Å². The van der Waals surface area contributed by atoms with E-state index >= 15 is 0 Å². The minimum atomic E-state index is -0.218. The Morgan fingerprint density at radius 1 is 0.812 bits per heavy atom. The summed E-state index contributed by atoms with van der Waals surface area (Å²) < 4.78 is 16.2. The first-order valence-electron chi connectivity index (χ1n) is 10.1. The van der Waals surface area contributed by atoms with Gasteiger partial charge < -0.3 is 14.2 Å². The third-order valence-corrected chi connectivity index (χ3v) is 5.21. The van der Waals surface area contributed by atoms with Gasteiger partial charge in [0, 0.05) is 0 Å². The molecule has 3 aromatic rings. The molecular formula is C26H24N2O4. The second-order valence-electron chi connectivity index (χ2n) is 7.26. The lowest BCUT2D eigenvalue weighted by molar-refractivity contribution is -0.113. The number of hydrogen-bond donors (Lipinski definition) is 0. The number of amides is 1. The van der Waals surface area contributed by atoms with Gasteiger partial charge in [0.05, 0.1) is 32.6 Å². The van der Waals surface area contributed by atoms with E-state index in [0.29, 0.717) is 28.8 Å². The first-order chi connectivity index (χ1) is 15.5. The van der Waals surface area contributed by atoms with E-state index in [2.05, 4.69) is 0 Å². The van der Waals surface area contributed by atoms with Crippen molar-refractivity contribution in [2.24, 2.45) is 4.99 Å². The fourth-order valence-corrected chi connectivity index (χ4v) is 3.56. The first-order valence-corrected chi connectivity index (χ1v) is 10.1. The molecule has 0 fully saturated rings. The molecule has 0 N–H and O–H groups in total. The molecule has 0 atom stereocenters. The molecule has 0 bridgehead atoms. The molecule has 1 aliphatic heterocycles. The average Bonchev–Trinajstić information content (AvgIpc) is 3.15. The Morgan fingerprint density at radius 3 is 2.19 bits per heavy atom. The zero-order chi connectivity index (χ0) is 22.7. The third kappa shape index (κ3) is 3.95. The number of amidine groups is 1. The normalized spacial score (nSPS) is 14.5. The van der Waals surface area contributed by atoms with Crippen LogP contribution in [0.25, 0.3) is 6.08 Å². The molecule has 0 saturated carbocycles. The number of aryl methyl sites for hydroxylation is 1. The number of methoxy groups -OCH3 is 3. The Hall–Kier alpha value is -4.06. The van der Waals surface area contributed by atoms with E-state index in [4.69, 9.17) is 19.2 Å². The molecule has 0 aliphatic carbocycles. The van der Waals surface area contributed by atoms with Gasteiger partial charge in [0.2, 0.25) is 0 Å². The Morgan fingerprint density at radius 2 is 1.50 bits per heavy atom. The number of rotatable bonds is 6. The Balaban J connectivity index is 1.84. The predicted octanol–water partition coefficient (Wildman–Crippen LogP) is 4.86. The summed E-state index contributed by atoms with van der Waals surface area (Å²) in [6.07, 6.45) is 1.74. The van der Waals surface area contributed by atoms with Crippen LogP contribution in [0.5, 0.6) is 17.2 Å². The minimum absolute atomic E-state index is 0.218. The van der Waals surface area contributed by atoms with Crippen molar-refractivity contribution in [2.75, 3.05) is 26.2 Å². The molecule has 3 aromatic carbocycles. The highest BCUT2D eigenvalue weighted by Gasteiger charge is 2.33. The highest BCUT2D eigenvalue weighted by Crippen LogP contribution is 2.33. The molecule has 0 unspecified atom stereocenters. The summed E-state index contributed by atoms with van der Waals surface area (Å²) in [5, 5.41) is 0. The van der Waals surface area contributed by atoms with Crippen LogP contribution in [0.1, 0.15) is 16.7 Å². The van der Waals surface area contributed by atoms with Crippen LogP contribution in [-0.4, -0.2) is 33.1 Å². The van der Waals surface area contributed by atoms with Gasteiger partial charge in [0.25, 0.3) is 5.91 Å². The monoisotopic (exact) mass is 428 g/mol. The van der Waals surface area contributed by atoms with E-state index in [-0.39, 0.29) is 5.91 Å². The second-order valence-corrected chi connectivity index (χ2v) is 7.26. The number of benzene rings is 3. The van der Waals surface area contributed by atoms with Gasteiger partial charge in [-0.3, -0.25) is 9.69 Å². The van der Waals surface area contributed by atoms with Crippen LogP contribution < -0.4 is 19.1 Å². The maximum atomic E-state index is 13.5. The highest BCUT2D eigenvalue weighted by atomic mass is 16.5. The quantitative estimate of drug-likeness (QED) is 0.527. The largest absolute Gasteiger partial charge is 0.496 e. The lowest BCUT2D eigenvalue weighted by Gasteiger charge is -2.20. The van der Waals surface area contributed by atoms with Crippen molar-refractivity contribution in [1.29, 1.82) is 0 Å². The molecule has 1 heterocycles. The summed E-state index contributed by atoms with van der Waals surface area (Å²) in [6.45, 7) is 2.01. The molecular weight excluding hydrogens is 404 g/mol. The number of anilines is 1. The lowest BCUT2D eigenvalue weighted by atomic mass is 10.1. The molecule has 32 heavy (non-hydrogen) atoms.